The Morgan fingerprint density at radius 3 is 2.28 bits per heavy atom. The molecule has 2 aromatic rings. The minimum absolute atomic E-state index is 0.0147. The SMILES string of the molecule is N#Cc1ccc(NC(=O)CCN2CCN(S(=O)(=O)Cc3ccccc3)CC2)cc1. The van der Waals surface area contributed by atoms with Gasteiger partial charge in [-0.2, -0.15) is 9.57 Å². The van der Waals surface area contributed by atoms with Crippen LogP contribution in [-0.2, 0) is 20.6 Å². The minimum atomic E-state index is -3.33. The first kappa shape index (κ1) is 21.0. The fourth-order valence-electron chi connectivity index (χ4n) is 3.22. The average molecular weight is 413 g/mol. The monoisotopic (exact) mass is 412 g/mol. The van der Waals surface area contributed by atoms with Crippen molar-refractivity contribution in [2.24, 2.45) is 0 Å². The van der Waals surface area contributed by atoms with E-state index >= 15 is 0 Å². The highest BCUT2D eigenvalue weighted by Gasteiger charge is 2.27. The fraction of sp³-hybridized carbons (Fsp3) is 0.333. The van der Waals surface area contributed by atoms with Crippen molar-refractivity contribution < 1.29 is 13.2 Å². The Bertz CT molecular complexity index is 961. The van der Waals surface area contributed by atoms with Gasteiger partial charge in [0, 0.05) is 44.8 Å². The number of benzene rings is 2. The van der Waals surface area contributed by atoms with Crippen molar-refractivity contribution in [3.8, 4) is 6.07 Å². The van der Waals surface area contributed by atoms with Crippen LogP contribution >= 0.6 is 0 Å². The van der Waals surface area contributed by atoms with Crippen LogP contribution in [0.3, 0.4) is 0 Å². The Morgan fingerprint density at radius 1 is 1.00 bits per heavy atom. The van der Waals surface area contributed by atoms with Crippen LogP contribution in [0.2, 0.25) is 0 Å². The molecular weight excluding hydrogens is 388 g/mol. The van der Waals surface area contributed by atoms with E-state index in [1.807, 2.05) is 36.4 Å². The molecule has 1 heterocycles. The van der Waals surface area contributed by atoms with Crippen LogP contribution in [0.25, 0.3) is 0 Å². The van der Waals surface area contributed by atoms with E-state index in [1.54, 1.807) is 24.3 Å². The normalized spacial score (nSPS) is 15.6. The van der Waals surface area contributed by atoms with E-state index < -0.39 is 10.0 Å². The molecular formula is C21H24N4O3S. The lowest BCUT2D eigenvalue weighted by molar-refractivity contribution is -0.116. The van der Waals surface area contributed by atoms with Gasteiger partial charge in [-0.3, -0.25) is 4.79 Å². The summed E-state index contributed by atoms with van der Waals surface area (Å²) in [6, 6.07) is 17.9. The van der Waals surface area contributed by atoms with Gasteiger partial charge < -0.3 is 10.2 Å². The molecule has 1 aliphatic rings. The molecule has 0 unspecified atom stereocenters. The summed E-state index contributed by atoms with van der Waals surface area (Å²) < 4.78 is 26.7. The molecule has 1 N–H and O–H groups in total. The zero-order chi connectivity index (χ0) is 20.7. The molecule has 0 spiro atoms. The van der Waals surface area contributed by atoms with E-state index in [-0.39, 0.29) is 11.7 Å². The van der Waals surface area contributed by atoms with E-state index in [0.29, 0.717) is 50.4 Å². The number of nitrogens with one attached hydrogen (secondary N) is 1. The van der Waals surface area contributed by atoms with E-state index in [2.05, 4.69) is 10.2 Å². The zero-order valence-corrected chi connectivity index (χ0v) is 16.9. The maximum absolute atomic E-state index is 12.6. The molecule has 0 radical (unpaired) electrons. The molecule has 3 rings (SSSR count). The predicted molar refractivity (Wildman–Crippen MR) is 111 cm³/mol. The fourth-order valence-corrected chi connectivity index (χ4v) is 4.73. The quantitative estimate of drug-likeness (QED) is 0.751. The third kappa shape index (κ3) is 6.12. The molecule has 29 heavy (non-hydrogen) atoms. The second kappa shape index (κ2) is 9.65. The maximum Gasteiger partial charge on any atom is 0.225 e. The molecule has 1 fully saturated rings. The highest BCUT2D eigenvalue weighted by atomic mass is 32.2. The molecule has 0 atom stereocenters. The van der Waals surface area contributed by atoms with Gasteiger partial charge in [-0.25, -0.2) is 8.42 Å². The van der Waals surface area contributed by atoms with Crippen molar-refractivity contribution in [2.75, 3.05) is 38.0 Å². The Balaban J connectivity index is 1.42. The summed E-state index contributed by atoms with van der Waals surface area (Å²) in [6.45, 7) is 2.67. The van der Waals surface area contributed by atoms with Gasteiger partial charge in [0.2, 0.25) is 15.9 Å². The van der Waals surface area contributed by atoms with Gasteiger partial charge >= 0.3 is 0 Å². The Kier molecular flexibility index (Phi) is 6.99. The summed E-state index contributed by atoms with van der Waals surface area (Å²) in [7, 11) is -3.33. The number of piperazine rings is 1. The third-order valence-electron chi connectivity index (χ3n) is 4.87. The second-order valence-corrected chi connectivity index (χ2v) is 8.94. The number of anilines is 1. The summed E-state index contributed by atoms with van der Waals surface area (Å²) in [4.78, 5) is 14.2. The number of amides is 1. The van der Waals surface area contributed by atoms with Crippen LogP contribution in [-0.4, -0.2) is 56.3 Å². The van der Waals surface area contributed by atoms with Gasteiger partial charge in [-0.05, 0) is 29.8 Å². The molecule has 8 heteroatoms. The highest BCUT2D eigenvalue weighted by molar-refractivity contribution is 7.88. The summed E-state index contributed by atoms with van der Waals surface area (Å²) in [6.07, 6.45) is 0.330. The lowest BCUT2D eigenvalue weighted by Crippen LogP contribution is -2.49. The molecule has 1 amide bonds. The molecule has 0 saturated carbocycles. The van der Waals surface area contributed by atoms with Crippen molar-refractivity contribution in [1.29, 1.82) is 5.26 Å². The minimum Gasteiger partial charge on any atom is -0.326 e. The number of nitrogens with zero attached hydrogens (tertiary/aromatic N) is 3. The number of rotatable bonds is 7. The van der Waals surface area contributed by atoms with Crippen molar-refractivity contribution >= 4 is 21.6 Å². The highest BCUT2D eigenvalue weighted by Crippen LogP contribution is 2.14. The first-order valence-electron chi connectivity index (χ1n) is 9.50. The largest absolute Gasteiger partial charge is 0.326 e. The van der Waals surface area contributed by atoms with Crippen molar-refractivity contribution in [3.63, 3.8) is 0 Å². The van der Waals surface area contributed by atoms with Crippen LogP contribution < -0.4 is 5.32 Å². The topological polar surface area (TPSA) is 93.5 Å². The van der Waals surface area contributed by atoms with E-state index in [0.717, 1.165) is 5.56 Å². The van der Waals surface area contributed by atoms with Crippen LogP contribution in [0, 0.1) is 11.3 Å². The molecule has 152 valence electrons. The second-order valence-electron chi connectivity index (χ2n) is 6.97. The van der Waals surface area contributed by atoms with Gasteiger partial charge in [0.25, 0.3) is 0 Å². The van der Waals surface area contributed by atoms with E-state index in [1.165, 1.54) is 4.31 Å². The van der Waals surface area contributed by atoms with Crippen LogP contribution in [0.4, 0.5) is 5.69 Å². The van der Waals surface area contributed by atoms with Crippen molar-refractivity contribution in [3.05, 3.63) is 65.7 Å². The van der Waals surface area contributed by atoms with Crippen molar-refractivity contribution in [2.45, 2.75) is 12.2 Å². The van der Waals surface area contributed by atoms with Gasteiger partial charge in [-0.1, -0.05) is 30.3 Å². The van der Waals surface area contributed by atoms with Gasteiger partial charge in [0.15, 0.2) is 0 Å². The molecule has 1 saturated heterocycles. The first-order valence-corrected chi connectivity index (χ1v) is 11.1. The molecule has 0 aromatic heterocycles. The zero-order valence-electron chi connectivity index (χ0n) is 16.1. The molecule has 7 nitrogen and oxygen atoms in total. The van der Waals surface area contributed by atoms with Gasteiger partial charge in [0.05, 0.1) is 17.4 Å². The molecule has 2 aromatic carbocycles. The summed E-state index contributed by atoms with van der Waals surface area (Å²) in [5.41, 5.74) is 1.99. The van der Waals surface area contributed by atoms with Gasteiger partial charge in [0.1, 0.15) is 0 Å². The van der Waals surface area contributed by atoms with Gasteiger partial charge in [-0.15, -0.1) is 0 Å². The van der Waals surface area contributed by atoms with Crippen LogP contribution in [0.5, 0.6) is 0 Å². The number of hydrogen-bond acceptors (Lipinski definition) is 5. The number of carbonyl (C=O) groups is 1. The van der Waals surface area contributed by atoms with Crippen molar-refractivity contribution in [1.82, 2.24) is 9.21 Å². The molecule has 0 bridgehead atoms. The lowest BCUT2D eigenvalue weighted by atomic mass is 10.2. The molecule has 0 aliphatic carbocycles. The maximum atomic E-state index is 12.6. The summed E-state index contributed by atoms with van der Waals surface area (Å²) in [5.74, 6) is -0.0882. The van der Waals surface area contributed by atoms with E-state index in [9.17, 15) is 13.2 Å². The summed E-state index contributed by atoms with van der Waals surface area (Å²) in [5, 5.41) is 11.6. The average Bonchev–Trinajstić information content (AvgIpc) is 2.73. The van der Waals surface area contributed by atoms with Crippen LogP contribution in [0.15, 0.2) is 54.6 Å². The first-order chi connectivity index (χ1) is 14.0. The summed E-state index contributed by atoms with van der Waals surface area (Å²) >= 11 is 0. The number of sulfonamides is 1. The lowest BCUT2D eigenvalue weighted by Gasteiger charge is -2.33. The smallest absolute Gasteiger partial charge is 0.225 e. The standard InChI is InChI=1S/C21H24N4O3S/c22-16-18-6-8-20(9-7-18)23-21(26)10-11-24-12-14-25(15-13-24)29(27,28)17-19-4-2-1-3-5-19/h1-9H,10-15,17H2,(H,23,26). The predicted octanol–water partition coefficient (Wildman–Crippen LogP) is 2.03. The Labute approximate surface area is 171 Å². The Morgan fingerprint density at radius 2 is 1.66 bits per heavy atom. The Hall–Kier alpha value is -2.73. The molecule has 1 aliphatic heterocycles. The number of carbonyl (C=O) groups excluding carboxylic acids is 1. The number of nitriles is 1. The number of hydrogen-bond donors (Lipinski definition) is 1. The van der Waals surface area contributed by atoms with E-state index in [4.69, 9.17) is 5.26 Å². The third-order valence-corrected chi connectivity index (χ3v) is 6.72. The van der Waals surface area contributed by atoms with Crippen LogP contribution in [0.1, 0.15) is 17.5 Å².